The van der Waals surface area contributed by atoms with E-state index in [1.54, 1.807) is 0 Å². The summed E-state index contributed by atoms with van der Waals surface area (Å²) in [5.74, 6) is -1.00. The van der Waals surface area contributed by atoms with Gasteiger partial charge in [-0.2, -0.15) is 0 Å². The summed E-state index contributed by atoms with van der Waals surface area (Å²) in [6.45, 7) is 0.367. The van der Waals surface area contributed by atoms with Gasteiger partial charge in [0.05, 0.1) is 0 Å². The number of hydrogen-bond acceptors (Lipinski definition) is 2. The first kappa shape index (κ1) is 8.34. The molecule has 2 fully saturated rings. The molecule has 5 nitrogen and oxygen atoms in total. The number of likely N-dealkylation sites (tertiary alicyclic amines) is 1. The van der Waals surface area contributed by atoms with Crippen LogP contribution < -0.4 is 0 Å². The van der Waals surface area contributed by atoms with Gasteiger partial charge in [-0.3, -0.25) is 4.90 Å². The predicted octanol–water partition coefficient (Wildman–Crippen LogP) is 0.603. The Morgan fingerprint density at radius 3 is 2.23 bits per heavy atom. The molecule has 1 aliphatic heterocycles. The zero-order valence-electron chi connectivity index (χ0n) is 7.06. The highest BCUT2D eigenvalue weighted by Crippen LogP contribution is 2.56. The monoisotopic (exact) mass is 185 g/mol. The van der Waals surface area contributed by atoms with Gasteiger partial charge in [-0.05, 0) is 19.3 Å². The zero-order chi connectivity index (χ0) is 9.64. The highest BCUT2D eigenvalue weighted by molar-refractivity contribution is 5.81. The van der Waals surface area contributed by atoms with Crippen molar-refractivity contribution in [2.24, 2.45) is 5.41 Å². The van der Waals surface area contributed by atoms with Crippen LogP contribution in [0, 0.1) is 5.41 Å². The highest BCUT2D eigenvalue weighted by Gasteiger charge is 2.60. The minimum atomic E-state index is -1.11. The summed E-state index contributed by atoms with van der Waals surface area (Å²) < 4.78 is 0. The molecule has 2 N–H and O–H groups in total. The van der Waals surface area contributed by atoms with Crippen molar-refractivity contribution in [2.45, 2.75) is 25.3 Å². The maximum Gasteiger partial charge on any atom is 0.408 e. The Labute approximate surface area is 75.0 Å². The molecule has 0 aromatic heterocycles. The lowest BCUT2D eigenvalue weighted by molar-refractivity contribution is -0.143. The van der Waals surface area contributed by atoms with E-state index in [4.69, 9.17) is 10.2 Å². The van der Waals surface area contributed by atoms with Crippen molar-refractivity contribution >= 4 is 12.1 Å². The number of amides is 1. The quantitative estimate of drug-likeness (QED) is 0.627. The minimum absolute atomic E-state index is 0.218. The first-order chi connectivity index (χ1) is 6.07. The fourth-order valence-corrected chi connectivity index (χ4v) is 2.22. The average molecular weight is 185 g/mol. The lowest BCUT2D eigenvalue weighted by Crippen LogP contribution is -2.43. The highest BCUT2D eigenvalue weighted by atomic mass is 16.4. The molecular weight excluding hydrogens is 174 g/mol. The van der Waals surface area contributed by atoms with Gasteiger partial charge in [0, 0.05) is 12.0 Å². The minimum Gasteiger partial charge on any atom is -0.480 e. The number of carboxylic acid groups (broad SMARTS) is 2. The Bertz CT molecular complexity index is 271. The zero-order valence-corrected chi connectivity index (χ0v) is 7.06. The molecule has 1 saturated heterocycles. The van der Waals surface area contributed by atoms with Crippen molar-refractivity contribution in [3.05, 3.63) is 0 Å². The number of carbonyl (C=O) groups is 2. The van der Waals surface area contributed by atoms with Gasteiger partial charge >= 0.3 is 12.1 Å². The lowest BCUT2D eigenvalue weighted by atomic mass is 9.97. The Morgan fingerprint density at radius 2 is 1.85 bits per heavy atom. The van der Waals surface area contributed by atoms with Crippen molar-refractivity contribution in [1.29, 1.82) is 0 Å². The molecule has 1 heterocycles. The van der Waals surface area contributed by atoms with E-state index in [2.05, 4.69) is 0 Å². The van der Waals surface area contributed by atoms with Crippen molar-refractivity contribution in [2.75, 3.05) is 6.54 Å². The second kappa shape index (κ2) is 2.37. The van der Waals surface area contributed by atoms with Crippen molar-refractivity contribution in [3.63, 3.8) is 0 Å². The third-order valence-electron chi connectivity index (χ3n) is 3.11. The molecule has 1 atom stereocenters. The summed E-state index contributed by atoms with van der Waals surface area (Å²) >= 11 is 0. The number of hydrogen-bond donors (Lipinski definition) is 2. The third-order valence-corrected chi connectivity index (χ3v) is 3.11. The fourth-order valence-electron chi connectivity index (χ4n) is 2.22. The second-order valence-electron chi connectivity index (χ2n) is 3.83. The summed E-state index contributed by atoms with van der Waals surface area (Å²) in [4.78, 5) is 22.6. The van der Waals surface area contributed by atoms with Gasteiger partial charge in [-0.1, -0.05) is 0 Å². The molecule has 1 amide bonds. The fraction of sp³-hybridized carbons (Fsp3) is 0.750. The SMILES string of the molecule is O=C(O)C1N(C(=O)O)CCC12CC2. The number of aliphatic carboxylic acids is 1. The molecule has 1 aliphatic carbocycles. The van der Waals surface area contributed by atoms with Crippen LogP contribution in [0.1, 0.15) is 19.3 Å². The van der Waals surface area contributed by atoms with Crippen LogP contribution in [0.4, 0.5) is 4.79 Å². The first-order valence-corrected chi connectivity index (χ1v) is 4.29. The van der Waals surface area contributed by atoms with E-state index in [-0.39, 0.29) is 5.41 Å². The molecule has 13 heavy (non-hydrogen) atoms. The molecule has 0 radical (unpaired) electrons. The van der Waals surface area contributed by atoms with E-state index in [1.807, 2.05) is 0 Å². The van der Waals surface area contributed by atoms with Gasteiger partial charge in [0.2, 0.25) is 0 Å². The molecule has 0 aromatic carbocycles. The van der Waals surface area contributed by atoms with Crippen LogP contribution in [0.3, 0.4) is 0 Å². The van der Waals surface area contributed by atoms with Crippen LogP contribution in [-0.2, 0) is 4.79 Å². The summed E-state index contributed by atoms with van der Waals surface area (Å²) in [6, 6.07) is -0.801. The summed E-state index contributed by atoms with van der Waals surface area (Å²) in [6.07, 6.45) is 1.30. The smallest absolute Gasteiger partial charge is 0.408 e. The number of rotatable bonds is 1. The summed E-state index contributed by atoms with van der Waals surface area (Å²) in [5, 5.41) is 17.7. The normalized spacial score (nSPS) is 29.2. The molecule has 0 aromatic rings. The summed E-state index contributed by atoms with van der Waals surface area (Å²) in [5.41, 5.74) is -0.218. The topological polar surface area (TPSA) is 77.8 Å². The van der Waals surface area contributed by atoms with Gasteiger partial charge in [-0.15, -0.1) is 0 Å². The van der Waals surface area contributed by atoms with Gasteiger partial charge in [0.25, 0.3) is 0 Å². The standard InChI is InChI=1S/C8H11NO4/c10-6(11)5-8(1-2-8)3-4-9(5)7(12)13/h5H,1-4H2,(H,10,11)(H,12,13). The molecular formula is C8H11NO4. The molecule has 1 unspecified atom stereocenters. The van der Waals surface area contributed by atoms with E-state index in [1.165, 1.54) is 0 Å². The molecule has 72 valence electrons. The van der Waals surface area contributed by atoms with E-state index >= 15 is 0 Å². The van der Waals surface area contributed by atoms with Crippen LogP contribution in [0.5, 0.6) is 0 Å². The van der Waals surface area contributed by atoms with Gasteiger partial charge in [0.1, 0.15) is 6.04 Å². The van der Waals surface area contributed by atoms with Crippen molar-refractivity contribution in [1.82, 2.24) is 4.90 Å². The van der Waals surface area contributed by atoms with Crippen molar-refractivity contribution in [3.8, 4) is 0 Å². The Morgan fingerprint density at radius 1 is 1.23 bits per heavy atom. The molecule has 1 spiro atoms. The molecule has 2 rings (SSSR count). The van der Waals surface area contributed by atoms with Gasteiger partial charge < -0.3 is 10.2 Å². The summed E-state index contributed by atoms with van der Waals surface area (Å²) in [7, 11) is 0. The lowest BCUT2D eigenvalue weighted by Gasteiger charge is -2.21. The van der Waals surface area contributed by atoms with Crippen LogP contribution in [0.2, 0.25) is 0 Å². The van der Waals surface area contributed by atoms with E-state index in [9.17, 15) is 9.59 Å². The molecule has 1 saturated carbocycles. The Kier molecular flexibility index (Phi) is 1.52. The van der Waals surface area contributed by atoms with Crippen LogP contribution in [-0.4, -0.2) is 39.8 Å². The largest absolute Gasteiger partial charge is 0.480 e. The second-order valence-corrected chi connectivity index (χ2v) is 3.83. The maximum absolute atomic E-state index is 10.9. The third kappa shape index (κ3) is 1.07. The van der Waals surface area contributed by atoms with Crippen LogP contribution in [0.25, 0.3) is 0 Å². The maximum atomic E-state index is 10.9. The molecule has 2 aliphatic rings. The van der Waals surface area contributed by atoms with Gasteiger partial charge in [0.15, 0.2) is 0 Å². The van der Waals surface area contributed by atoms with Crippen LogP contribution >= 0.6 is 0 Å². The Hall–Kier alpha value is -1.26. The van der Waals surface area contributed by atoms with Gasteiger partial charge in [-0.25, -0.2) is 9.59 Å². The number of nitrogens with zero attached hydrogens (tertiary/aromatic N) is 1. The average Bonchev–Trinajstić information content (AvgIpc) is 2.61. The van der Waals surface area contributed by atoms with E-state index in [0.29, 0.717) is 13.0 Å². The van der Waals surface area contributed by atoms with E-state index < -0.39 is 18.1 Å². The van der Waals surface area contributed by atoms with Crippen LogP contribution in [0.15, 0.2) is 0 Å². The van der Waals surface area contributed by atoms with E-state index in [0.717, 1.165) is 17.7 Å². The first-order valence-electron chi connectivity index (χ1n) is 4.29. The predicted molar refractivity (Wildman–Crippen MR) is 42.4 cm³/mol. The van der Waals surface area contributed by atoms with Crippen molar-refractivity contribution < 1.29 is 19.8 Å². The number of carboxylic acids is 1. The molecule has 5 heteroatoms. The Balaban J connectivity index is 2.23. The molecule has 0 bridgehead atoms.